The lowest BCUT2D eigenvalue weighted by atomic mass is 10.1. The Morgan fingerprint density at radius 2 is 1.86 bits per heavy atom. The number of rotatable bonds is 3. The van der Waals surface area contributed by atoms with Crippen molar-refractivity contribution < 1.29 is 18.0 Å². The van der Waals surface area contributed by atoms with Gasteiger partial charge in [-0.05, 0) is 43.7 Å². The zero-order chi connectivity index (χ0) is 24.7. The van der Waals surface area contributed by atoms with E-state index in [-0.39, 0.29) is 31.6 Å². The molecular formula is C23H20ClF3N6OS. The van der Waals surface area contributed by atoms with E-state index in [1.807, 2.05) is 6.07 Å². The van der Waals surface area contributed by atoms with Crippen molar-refractivity contribution in [2.75, 3.05) is 24.5 Å². The predicted octanol–water partition coefficient (Wildman–Crippen LogP) is 5.12. The molecule has 1 saturated heterocycles. The molecule has 35 heavy (non-hydrogen) atoms. The molecule has 12 heteroatoms. The van der Waals surface area contributed by atoms with Crippen molar-refractivity contribution in [2.45, 2.75) is 25.6 Å². The maximum absolute atomic E-state index is 14.2. The summed E-state index contributed by atoms with van der Waals surface area (Å²) < 4.78 is 43.4. The lowest BCUT2D eigenvalue weighted by molar-refractivity contribution is -0.176. The van der Waals surface area contributed by atoms with E-state index < -0.39 is 18.1 Å². The molecule has 2 aromatic carbocycles. The van der Waals surface area contributed by atoms with Crippen molar-refractivity contribution in [1.82, 2.24) is 24.9 Å². The number of amides is 1. The quantitative estimate of drug-likeness (QED) is 0.375. The minimum atomic E-state index is -4.58. The molecule has 0 spiro atoms. The van der Waals surface area contributed by atoms with E-state index in [2.05, 4.69) is 15.2 Å². The van der Waals surface area contributed by atoms with Gasteiger partial charge in [0.05, 0.1) is 33.9 Å². The number of alkyl halides is 3. The van der Waals surface area contributed by atoms with Gasteiger partial charge in [0.15, 0.2) is 5.13 Å². The molecule has 3 heterocycles. The molecule has 1 amide bonds. The van der Waals surface area contributed by atoms with Gasteiger partial charge in [0.25, 0.3) is 5.91 Å². The Bertz CT molecular complexity index is 1370. The maximum Gasteiger partial charge on any atom is 0.408 e. The van der Waals surface area contributed by atoms with Crippen LogP contribution in [0.15, 0.2) is 48.8 Å². The van der Waals surface area contributed by atoms with E-state index in [9.17, 15) is 18.0 Å². The number of carbonyl (C=O) groups excluding carboxylic acids is 1. The molecule has 1 fully saturated rings. The minimum Gasteiger partial charge on any atom is -0.346 e. The molecule has 0 bridgehead atoms. The highest BCUT2D eigenvalue weighted by atomic mass is 35.5. The first-order valence-corrected chi connectivity index (χ1v) is 12.1. The van der Waals surface area contributed by atoms with Crippen LogP contribution in [0.4, 0.5) is 18.3 Å². The van der Waals surface area contributed by atoms with Gasteiger partial charge in [-0.15, -0.1) is 0 Å². The monoisotopic (exact) mass is 520 g/mol. The molecule has 1 atom stereocenters. The van der Waals surface area contributed by atoms with E-state index in [1.54, 1.807) is 42.2 Å². The number of carbonyl (C=O) groups is 1. The van der Waals surface area contributed by atoms with Gasteiger partial charge in [-0.25, -0.2) is 4.98 Å². The van der Waals surface area contributed by atoms with E-state index >= 15 is 0 Å². The lowest BCUT2D eigenvalue weighted by Gasteiger charge is -2.31. The number of aromatic nitrogens is 4. The normalized spacial score (nSPS) is 17.1. The van der Waals surface area contributed by atoms with E-state index in [0.29, 0.717) is 21.4 Å². The van der Waals surface area contributed by atoms with Gasteiger partial charge in [0.1, 0.15) is 6.04 Å². The highest BCUT2D eigenvalue weighted by Crippen LogP contribution is 2.35. The first kappa shape index (κ1) is 23.6. The molecule has 1 aliphatic rings. The summed E-state index contributed by atoms with van der Waals surface area (Å²) in [7, 11) is 0. The Labute approximate surface area is 207 Å². The number of hydrogen-bond acceptors (Lipinski definition) is 6. The number of anilines is 1. The summed E-state index contributed by atoms with van der Waals surface area (Å²) in [5.41, 5.74) is 1.89. The van der Waals surface area contributed by atoms with Crippen LogP contribution in [-0.4, -0.2) is 62.6 Å². The van der Waals surface area contributed by atoms with Crippen LogP contribution in [0.1, 0.15) is 22.3 Å². The molecule has 0 aliphatic carbocycles. The molecule has 2 aromatic heterocycles. The summed E-state index contributed by atoms with van der Waals surface area (Å²) in [4.78, 5) is 22.1. The number of halogens is 4. The third-order valence-corrected chi connectivity index (χ3v) is 7.26. The molecule has 1 aliphatic heterocycles. The topological polar surface area (TPSA) is 67.2 Å². The number of fused-ring (bicyclic) bond motifs is 1. The van der Waals surface area contributed by atoms with E-state index in [1.165, 1.54) is 28.5 Å². The summed E-state index contributed by atoms with van der Waals surface area (Å²) in [5, 5.41) is 9.26. The Hall–Kier alpha value is -3.18. The van der Waals surface area contributed by atoms with Gasteiger partial charge in [-0.3, -0.25) is 4.79 Å². The zero-order valence-corrected chi connectivity index (χ0v) is 20.1. The zero-order valence-electron chi connectivity index (χ0n) is 18.5. The molecule has 0 radical (unpaired) electrons. The molecule has 5 rings (SSSR count). The second-order valence-electron chi connectivity index (χ2n) is 8.28. The molecular weight excluding hydrogens is 501 g/mol. The third-order valence-electron chi connectivity index (χ3n) is 5.92. The molecule has 4 aromatic rings. The van der Waals surface area contributed by atoms with Crippen molar-refractivity contribution in [3.8, 4) is 5.69 Å². The summed E-state index contributed by atoms with van der Waals surface area (Å²) in [6.07, 6.45) is -1.96. The van der Waals surface area contributed by atoms with Crippen LogP contribution < -0.4 is 4.90 Å². The smallest absolute Gasteiger partial charge is 0.346 e. The summed E-state index contributed by atoms with van der Waals surface area (Å²) in [6.45, 7) is 2.00. The van der Waals surface area contributed by atoms with E-state index in [4.69, 9.17) is 11.6 Å². The molecule has 0 saturated carbocycles. The summed E-state index contributed by atoms with van der Waals surface area (Å²) in [6, 6.07) is 8.38. The van der Waals surface area contributed by atoms with Gasteiger partial charge >= 0.3 is 6.18 Å². The van der Waals surface area contributed by atoms with Gasteiger partial charge < -0.3 is 9.80 Å². The second-order valence-corrected chi connectivity index (χ2v) is 9.72. The molecule has 182 valence electrons. The maximum atomic E-state index is 14.2. The number of hydrogen-bond donors (Lipinski definition) is 0. The van der Waals surface area contributed by atoms with Gasteiger partial charge in [-0.2, -0.15) is 28.2 Å². The van der Waals surface area contributed by atoms with E-state index in [0.717, 1.165) is 15.2 Å². The average molecular weight is 521 g/mol. The first-order chi connectivity index (χ1) is 16.7. The van der Waals surface area contributed by atoms with Crippen molar-refractivity contribution in [3.63, 3.8) is 0 Å². The lowest BCUT2D eigenvalue weighted by Crippen LogP contribution is -2.49. The van der Waals surface area contributed by atoms with Crippen LogP contribution in [0.5, 0.6) is 0 Å². The Balaban J connectivity index is 1.48. The SMILES string of the molecule is Cc1ccc(-n2nccn2)c(C(=O)N2CCN(c3nc4cc(Cl)ccc4s3)CC[C@H]2C(F)(F)F)c1. The highest BCUT2D eigenvalue weighted by molar-refractivity contribution is 7.22. The molecule has 7 nitrogen and oxygen atoms in total. The average Bonchev–Trinajstić information content (AvgIpc) is 3.42. The number of thiazole rings is 1. The van der Waals surface area contributed by atoms with Crippen LogP contribution in [0, 0.1) is 6.92 Å². The summed E-state index contributed by atoms with van der Waals surface area (Å²) >= 11 is 7.44. The van der Waals surface area contributed by atoms with Gasteiger partial charge in [-0.1, -0.05) is 34.6 Å². The molecule has 0 N–H and O–H groups in total. The largest absolute Gasteiger partial charge is 0.408 e. The van der Waals surface area contributed by atoms with Crippen LogP contribution in [0.3, 0.4) is 0 Å². The van der Waals surface area contributed by atoms with Crippen LogP contribution in [0.25, 0.3) is 15.9 Å². The van der Waals surface area contributed by atoms with Gasteiger partial charge in [0, 0.05) is 24.7 Å². The molecule has 0 unspecified atom stereocenters. The fourth-order valence-corrected chi connectivity index (χ4v) is 5.38. The van der Waals surface area contributed by atoms with Crippen LogP contribution in [-0.2, 0) is 0 Å². The number of benzene rings is 2. The fraction of sp³-hybridized carbons (Fsp3) is 0.304. The highest BCUT2D eigenvalue weighted by Gasteiger charge is 2.47. The van der Waals surface area contributed by atoms with Gasteiger partial charge in [0.2, 0.25) is 0 Å². The van der Waals surface area contributed by atoms with Crippen molar-refractivity contribution in [2.24, 2.45) is 0 Å². The van der Waals surface area contributed by atoms with Crippen molar-refractivity contribution in [1.29, 1.82) is 0 Å². The van der Waals surface area contributed by atoms with Crippen LogP contribution >= 0.6 is 22.9 Å². The van der Waals surface area contributed by atoms with Crippen LogP contribution in [0.2, 0.25) is 5.02 Å². The third kappa shape index (κ3) is 4.70. The summed E-state index contributed by atoms with van der Waals surface area (Å²) in [5.74, 6) is -0.707. The standard InChI is InChI=1S/C23H20ClF3N6OS/c1-14-2-4-18(33-28-7-8-29-33)16(12-14)21(34)32-11-10-31(9-6-20(32)23(25,26)27)22-30-17-13-15(24)3-5-19(17)35-22/h2-5,7-8,12-13,20H,6,9-11H2,1H3/t20-/m0/s1. The Kier molecular flexibility index (Phi) is 6.14. The Morgan fingerprint density at radius 1 is 1.09 bits per heavy atom. The van der Waals surface area contributed by atoms with Crippen molar-refractivity contribution >= 4 is 44.2 Å². The minimum absolute atomic E-state index is 0.111. The number of aryl methyl sites for hydroxylation is 1. The first-order valence-electron chi connectivity index (χ1n) is 10.9. The van der Waals surface area contributed by atoms with Crippen molar-refractivity contribution in [3.05, 3.63) is 64.9 Å². The number of nitrogens with zero attached hydrogens (tertiary/aromatic N) is 6. The fourth-order valence-electron chi connectivity index (χ4n) is 4.22. The second kappa shape index (κ2) is 9.12. The predicted molar refractivity (Wildman–Crippen MR) is 128 cm³/mol. The Morgan fingerprint density at radius 3 is 2.60 bits per heavy atom.